The summed E-state index contributed by atoms with van der Waals surface area (Å²) in [4.78, 5) is 22.2. The molecule has 1 aliphatic heterocycles. The van der Waals surface area contributed by atoms with Gasteiger partial charge in [-0.05, 0) is 68.7 Å². The highest BCUT2D eigenvalue weighted by molar-refractivity contribution is 5.92. The Kier molecular flexibility index (Phi) is 6.52. The average molecular weight is 525 g/mol. The van der Waals surface area contributed by atoms with Crippen molar-refractivity contribution in [1.82, 2.24) is 9.55 Å². The Morgan fingerprint density at radius 3 is 2.44 bits per heavy atom. The van der Waals surface area contributed by atoms with Crippen LogP contribution in [0.15, 0.2) is 35.1 Å². The van der Waals surface area contributed by atoms with Gasteiger partial charge in [-0.1, -0.05) is 6.42 Å². The maximum Gasteiger partial charge on any atom is 0.270 e. The van der Waals surface area contributed by atoms with Crippen LogP contribution in [0.3, 0.4) is 0 Å². The molecule has 6 rings (SSSR count). The van der Waals surface area contributed by atoms with Crippen LogP contribution in [0.1, 0.15) is 56.2 Å². The van der Waals surface area contributed by atoms with Crippen LogP contribution in [0.4, 0.5) is 11.4 Å². The Hall–Kier alpha value is -4.24. The third-order valence-corrected chi connectivity index (χ3v) is 8.82. The number of nitriles is 2. The van der Waals surface area contributed by atoms with Gasteiger partial charge in [-0.3, -0.25) is 4.79 Å². The van der Waals surface area contributed by atoms with Gasteiger partial charge in [0.1, 0.15) is 28.9 Å². The van der Waals surface area contributed by atoms with Crippen LogP contribution in [0.25, 0.3) is 11.0 Å². The first-order valence-corrected chi connectivity index (χ1v) is 13.7. The second-order valence-corrected chi connectivity index (χ2v) is 10.9. The van der Waals surface area contributed by atoms with Crippen molar-refractivity contribution in [3.05, 3.63) is 51.9 Å². The van der Waals surface area contributed by atoms with Crippen molar-refractivity contribution in [2.24, 2.45) is 13.0 Å². The molecular formula is C30H32N6O3. The van der Waals surface area contributed by atoms with Gasteiger partial charge in [0.05, 0.1) is 11.2 Å². The lowest BCUT2D eigenvalue weighted by molar-refractivity contribution is 0.174. The lowest BCUT2D eigenvalue weighted by Crippen LogP contribution is -2.46. The molecule has 0 N–H and O–H groups in total. The zero-order valence-corrected chi connectivity index (χ0v) is 22.4. The SMILES string of the molecule is Cn1c(=O)c(C#N)c(N(C)[C@H]2CC[C@@H](N(CC3CCC3)c3ccc4c(c3)OCO4)CC2)c2nc(C#N)ccc21. The molecule has 0 unspecified atom stereocenters. The first-order valence-electron chi connectivity index (χ1n) is 13.7. The molecule has 9 heteroatoms. The quantitative estimate of drug-likeness (QED) is 0.465. The molecule has 3 aliphatic rings. The fourth-order valence-corrected chi connectivity index (χ4v) is 6.32. The zero-order valence-electron chi connectivity index (χ0n) is 22.4. The summed E-state index contributed by atoms with van der Waals surface area (Å²) in [7, 11) is 3.59. The van der Waals surface area contributed by atoms with E-state index in [4.69, 9.17) is 9.47 Å². The molecule has 1 aromatic carbocycles. The lowest BCUT2D eigenvalue weighted by atomic mass is 9.83. The Balaban J connectivity index is 1.27. The van der Waals surface area contributed by atoms with E-state index in [1.165, 1.54) is 29.5 Å². The van der Waals surface area contributed by atoms with E-state index in [9.17, 15) is 15.3 Å². The van der Waals surface area contributed by atoms with Crippen LogP contribution in [0.2, 0.25) is 0 Å². The molecule has 3 aromatic rings. The Morgan fingerprint density at radius 1 is 1.00 bits per heavy atom. The van der Waals surface area contributed by atoms with Gasteiger partial charge in [-0.15, -0.1) is 0 Å². The summed E-state index contributed by atoms with van der Waals surface area (Å²) in [5, 5.41) is 19.4. The smallest absolute Gasteiger partial charge is 0.270 e. The van der Waals surface area contributed by atoms with Gasteiger partial charge in [0.15, 0.2) is 11.5 Å². The second-order valence-electron chi connectivity index (χ2n) is 10.9. The van der Waals surface area contributed by atoms with Crippen molar-refractivity contribution in [3.8, 4) is 23.6 Å². The number of ether oxygens (including phenoxy) is 2. The number of rotatable bonds is 6. The van der Waals surface area contributed by atoms with Crippen LogP contribution >= 0.6 is 0 Å². The molecule has 2 fully saturated rings. The van der Waals surface area contributed by atoms with Crippen LogP contribution in [-0.2, 0) is 7.05 Å². The highest BCUT2D eigenvalue weighted by Gasteiger charge is 2.33. The van der Waals surface area contributed by atoms with Gasteiger partial charge in [-0.2, -0.15) is 10.5 Å². The molecule has 0 bridgehead atoms. The number of pyridine rings is 2. The van der Waals surface area contributed by atoms with Gasteiger partial charge >= 0.3 is 0 Å². The molecule has 39 heavy (non-hydrogen) atoms. The topological polar surface area (TPSA) is 107 Å². The summed E-state index contributed by atoms with van der Waals surface area (Å²) in [5.74, 6) is 2.34. The fourth-order valence-electron chi connectivity index (χ4n) is 6.32. The number of fused-ring (bicyclic) bond motifs is 2. The van der Waals surface area contributed by atoms with Gasteiger partial charge in [0.25, 0.3) is 5.56 Å². The molecule has 0 amide bonds. The molecule has 2 saturated carbocycles. The van der Waals surface area contributed by atoms with Gasteiger partial charge < -0.3 is 23.8 Å². The van der Waals surface area contributed by atoms with E-state index in [2.05, 4.69) is 39.1 Å². The summed E-state index contributed by atoms with van der Waals surface area (Å²) in [6, 6.07) is 14.4. The zero-order chi connectivity index (χ0) is 27.1. The van der Waals surface area contributed by atoms with Gasteiger partial charge in [-0.25, -0.2) is 4.98 Å². The highest BCUT2D eigenvalue weighted by atomic mass is 16.7. The Morgan fingerprint density at radius 2 is 1.74 bits per heavy atom. The monoisotopic (exact) mass is 524 g/mol. The van der Waals surface area contributed by atoms with E-state index in [1.807, 2.05) is 13.1 Å². The Labute approximate surface area is 227 Å². The van der Waals surface area contributed by atoms with Crippen molar-refractivity contribution >= 4 is 22.4 Å². The van der Waals surface area contributed by atoms with Crippen LogP contribution in [0.5, 0.6) is 11.5 Å². The van der Waals surface area contributed by atoms with Crippen LogP contribution in [0, 0.1) is 28.6 Å². The fraction of sp³-hybridized carbons (Fsp3) is 0.467. The Bertz CT molecular complexity index is 1560. The summed E-state index contributed by atoms with van der Waals surface area (Å²) in [6.45, 7) is 1.31. The normalized spacial score (nSPS) is 20.2. The maximum absolute atomic E-state index is 13.1. The van der Waals surface area contributed by atoms with E-state index in [1.54, 1.807) is 19.2 Å². The first-order chi connectivity index (χ1) is 19.0. The second kappa shape index (κ2) is 10.1. The van der Waals surface area contributed by atoms with E-state index in [-0.39, 0.29) is 29.7 Å². The van der Waals surface area contributed by atoms with Gasteiger partial charge in [0.2, 0.25) is 6.79 Å². The molecule has 0 spiro atoms. The van der Waals surface area contributed by atoms with Gasteiger partial charge in [0, 0.05) is 44.5 Å². The van der Waals surface area contributed by atoms with Crippen molar-refractivity contribution in [2.75, 3.05) is 30.2 Å². The first kappa shape index (κ1) is 25.1. The predicted octanol–water partition coefficient (Wildman–Crippen LogP) is 4.46. The number of hydrogen-bond acceptors (Lipinski definition) is 8. The minimum atomic E-state index is -0.346. The number of nitrogens with zero attached hydrogens (tertiary/aromatic N) is 6. The summed E-state index contributed by atoms with van der Waals surface area (Å²) in [6.07, 6.45) is 7.71. The third-order valence-electron chi connectivity index (χ3n) is 8.82. The highest BCUT2D eigenvalue weighted by Crippen LogP contribution is 2.40. The number of benzene rings is 1. The van der Waals surface area contributed by atoms with Crippen molar-refractivity contribution in [2.45, 2.75) is 57.0 Å². The minimum absolute atomic E-state index is 0.0733. The predicted molar refractivity (Wildman–Crippen MR) is 148 cm³/mol. The molecule has 2 aliphatic carbocycles. The minimum Gasteiger partial charge on any atom is -0.454 e. The summed E-state index contributed by atoms with van der Waals surface area (Å²) in [5.41, 5.74) is 2.83. The van der Waals surface area contributed by atoms with E-state index in [0.717, 1.165) is 49.6 Å². The number of anilines is 2. The molecule has 3 heterocycles. The lowest BCUT2D eigenvalue weighted by Gasteiger charge is -2.44. The standard InChI is InChI=1S/C30H32N6O3/c1-34(29-24(16-32)30(37)35(2)25-12-6-20(15-31)33-28(25)29)21-7-9-22(10-8-21)36(17-19-4-3-5-19)23-11-13-26-27(14-23)39-18-38-26/h6,11-14,19,21-22H,3-5,7-10,17-18H2,1-2H3/t21-,22+. The van der Waals surface area contributed by atoms with Crippen LogP contribution < -0.4 is 24.8 Å². The van der Waals surface area contributed by atoms with Crippen molar-refractivity contribution in [3.63, 3.8) is 0 Å². The largest absolute Gasteiger partial charge is 0.454 e. The third kappa shape index (κ3) is 4.42. The molecule has 2 aromatic heterocycles. The molecule has 200 valence electrons. The summed E-state index contributed by atoms with van der Waals surface area (Å²) < 4.78 is 12.7. The van der Waals surface area contributed by atoms with Crippen LogP contribution in [-0.4, -0.2) is 42.0 Å². The molecule has 0 radical (unpaired) electrons. The molecular weight excluding hydrogens is 492 g/mol. The van der Waals surface area contributed by atoms with E-state index < -0.39 is 0 Å². The average Bonchev–Trinajstić information content (AvgIpc) is 3.42. The van der Waals surface area contributed by atoms with E-state index >= 15 is 0 Å². The number of aryl methyl sites for hydroxylation is 1. The summed E-state index contributed by atoms with van der Waals surface area (Å²) >= 11 is 0. The van der Waals surface area contributed by atoms with Crippen molar-refractivity contribution < 1.29 is 9.47 Å². The molecule has 0 atom stereocenters. The number of aromatic nitrogens is 2. The molecule has 9 nitrogen and oxygen atoms in total. The maximum atomic E-state index is 13.1. The number of hydrogen-bond donors (Lipinski definition) is 0. The molecule has 0 saturated heterocycles. The van der Waals surface area contributed by atoms with E-state index in [0.29, 0.717) is 22.8 Å². The van der Waals surface area contributed by atoms with Crippen molar-refractivity contribution in [1.29, 1.82) is 10.5 Å².